The number of rotatable bonds is 5. The smallest absolute Gasteiger partial charge is 0.335 e. The summed E-state index contributed by atoms with van der Waals surface area (Å²) in [5.41, 5.74) is 0.798. The predicted molar refractivity (Wildman–Crippen MR) is 84.4 cm³/mol. The Bertz CT molecular complexity index is 702. The second kappa shape index (κ2) is 7.10. The van der Waals surface area contributed by atoms with E-state index < -0.39 is 22.0 Å². The summed E-state index contributed by atoms with van der Waals surface area (Å²) in [6.07, 6.45) is 3.15. The molecule has 2 N–H and O–H groups in total. The lowest BCUT2D eigenvalue weighted by atomic mass is 10.0. The Morgan fingerprint density at radius 3 is 2.74 bits per heavy atom. The molecule has 1 aliphatic rings. The van der Waals surface area contributed by atoms with Crippen molar-refractivity contribution >= 4 is 21.9 Å². The summed E-state index contributed by atoms with van der Waals surface area (Å²) in [4.78, 5) is 23.2. The number of hydrogen-bond acceptors (Lipinski definition) is 4. The number of carboxylic acids is 1. The molecule has 0 aliphatic carbocycles. The summed E-state index contributed by atoms with van der Waals surface area (Å²) >= 11 is 0. The van der Waals surface area contributed by atoms with Crippen molar-refractivity contribution in [1.82, 2.24) is 9.62 Å². The maximum absolute atomic E-state index is 12.3. The van der Waals surface area contributed by atoms with Crippen LogP contribution >= 0.6 is 0 Å². The molecular weight excluding hydrogens is 320 g/mol. The number of nitrogens with zero attached hydrogens (tertiary/aromatic N) is 1. The zero-order valence-corrected chi connectivity index (χ0v) is 13.7. The monoisotopic (exact) mass is 340 g/mol. The van der Waals surface area contributed by atoms with Crippen LogP contribution in [0, 0.1) is 0 Å². The molecule has 7 nitrogen and oxygen atoms in total. The third-order valence-corrected chi connectivity index (χ3v) is 5.11. The third-order valence-electron chi connectivity index (χ3n) is 3.82. The Morgan fingerprint density at radius 2 is 2.09 bits per heavy atom. The van der Waals surface area contributed by atoms with E-state index in [1.807, 2.05) is 0 Å². The van der Waals surface area contributed by atoms with E-state index in [1.54, 1.807) is 12.1 Å². The minimum atomic E-state index is -3.43. The van der Waals surface area contributed by atoms with Gasteiger partial charge in [0.1, 0.15) is 6.04 Å². The SMILES string of the molecule is CS(=O)(=O)N1CCCCC1C(=O)NCc1cccc(C(=O)O)c1. The van der Waals surface area contributed by atoms with Crippen LogP contribution in [0.2, 0.25) is 0 Å². The first kappa shape index (κ1) is 17.4. The van der Waals surface area contributed by atoms with E-state index >= 15 is 0 Å². The minimum absolute atomic E-state index is 0.146. The first-order valence-corrected chi connectivity index (χ1v) is 9.20. The van der Waals surface area contributed by atoms with E-state index in [4.69, 9.17) is 5.11 Å². The highest BCUT2D eigenvalue weighted by Crippen LogP contribution is 2.20. The van der Waals surface area contributed by atoms with Gasteiger partial charge in [-0.05, 0) is 30.5 Å². The van der Waals surface area contributed by atoms with Crippen molar-refractivity contribution in [2.24, 2.45) is 0 Å². The molecule has 0 bridgehead atoms. The van der Waals surface area contributed by atoms with Gasteiger partial charge in [-0.25, -0.2) is 13.2 Å². The van der Waals surface area contributed by atoms with Gasteiger partial charge < -0.3 is 10.4 Å². The molecule has 0 radical (unpaired) electrons. The van der Waals surface area contributed by atoms with Crippen molar-refractivity contribution in [1.29, 1.82) is 0 Å². The molecule has 1 amide bonds. The number of hydrogen-bond donors (Lipinski definition) is 2. The average Bonchev–Trinajstić information content (AvgIpc) is 2.52. The predicted octanol–water partition coefficient (Wildman–Crippen LogP) is 0.815. The van der Waals surface area contributed by atoms with E-state index in [0.717, 1.165) is 19.1 Å². The second-order valence-corrected chi connectivity index (χ2v) is 7.54. The molecule has 1 unspecified atom stereocenters. The van der Waals surface area contributed by atoms with Crippen LogP contribution < -0.4 is 5.32 Å². The van der Waals surface area contributed by atoms with E-state index in [-0.39, 0.29) is 18.0 Å². The fourth-order valence-electron chi connectivity index (χ4n) is 2.69. The van der Waals surface area contributed by atoms with Crippen molar-refractivity contribution in [3.63, 3.8) is 0 Å². The summed E-state index contributed by atoms with van der Waals surface area (Å²) in [5.74, 6) is -1.38. The van der Waals surface area contributed by atoms with Crippen molar-refractivity contribution in [3.8, 4) is 0 Å². The molecule has 1 aromatic carbocycles. The molecule has 0 aromatic heterocycles. The molecule has 0 spiro atoms. The van der Waals surface area contributed by atoms with Gasteiger partial charge >= 0.3 is 5.97 Å². The summed E-state index contributed by atoms with van der Waals surface area (Å²) in [6, 6.07) is 5.58. The molecule has 1 saturated heterocycles. The standard InChI is InChI=1S/C15H20N2O5S/c1-23(21,22)17-8-3-2-7-13(17)14(18)16-10-11-5-4-6-12(9-11)15(19)20/h4-6,9,13H,2-3,7-8,10H2,1H3,(H,16,18)(H,19,20). The molecule has 1 aliphatic heterocycles. The van der Waals surface area contributed by atoms with Gasteiger partial charge in [-0.1, -0.05) is 18.6 Å². The Hall–Kier alpha value is -1.93. The highest BCUT2D eigenvalue weighted by molar-refractivity contribution is 7.88. The highest BCUT2D eigenvalue weighted by Gasteiger charge is 2.34. The molecule has 8 heteroatoms. The van der Waals surface area contributed by atoms with Crippen LogP contribution in [0.15, 0.2) is 24.3 Å². The molecule has 1 atom stereocenters. The third kappa shape index (κ3) is 4.52. The van der Waals surface area contributed by atoms with Gasteiger partial charge in [0.15, 0.2) is 0 Å². The lowest BCUT2D eigenvalue weighted by Crippen LogP contribution is -2.51. The lowest BCUT2D eigenvalue weighted by Gasteiger charge is -2.32. The van der Waals surface area contributed by atoms with Gasteiger partial charge in [-0.2, -0.15) is 4.31 Å². The van der Waals surface area contributed by atoms with Crippen LogP contribution in [-0.4, -0.2) is 48.5 Å². The van der Waals surface area contributed by atoms with Crippen molar-refractivity contribution in [2.75, 3.05) is 12.8 Å². The normalized spacial score (nSPS) is 19.3. The maximum atomic E-state index is 12.3. The number of carboxylic acid groups (broad SMARTS) is 1. The molecule has 1 fully saturated rings. The number of piperidine rings is 1. The van der Waals surface area contributed by atoms with Gasteiger partial charge in [-0.3, -0.25) is 4.79 Å². The van der Waals surface area contributed by atoms with Gasteiger partial charge in [0.25, 0.3) is 0 Å². The lowest BCUT2D eigenvalue weighted by molar-refractivity contribution is -0.125. The Morgan fingerprint density at radius 1 is 1.35 bits per heavy atom. The van der Waals surface area contributed by atoms with Gasteiger partial charge in [0.05, 0.1) is 11.8 Å². The van der Waals surface area contributed by atoms with Crippen molar-refractivity contribution < 1.29 is 23.1 Å². The largest absolute Gasteiger partial charge is 0.478 e. The second-order valence-electron chi connectivity index (χ2n) is 5.61. The molecule has 2 rings (SSSR count). The molecule has 23 heavy (non-hydrogen) atoms. The molecule has 1 heterocycles. The topological polar surface area (TPSA) is 104 Å². The Labute approximate surface area is 135 Å². The fraction of sp³-hybridized carbons (Fsp3) is 0.467. The van der Waals surface area contributed by atoms with Crippen LogP contribution in [0.25, 0.3) is 0 Å². The molecule has 0 saturated carbocycles. The number of carbonyl (C=O) groups is 2. The van der Waals surface area contributed by atoms with Crippen LogP contribution in [0.3, 0.4) is 0 Å². The summed E-state index contributed by atoms with van der Waals surface area (Å²) in [7, 11) is -3.43. The first-order valence-electron chi connectivity index (χ1n) is 7.36. The van der Waals surface area contributed by atoms with Crippen molar-refractivity contribution in [2.45, 2.75) is 31.8 Å². The van der Waals surface area contributed by atoms with E-state index in [1.165, 1.54) is 16.4 Å². The van der Waals surface area contributed by atoms with Gasteiger partial charge in [0, 0.05) is 13.1 Å². The summed E-state index contributed by atoms with van der Waals surface area (Å²) < 4.78 is 24.8. The summed E-state index contributed by atoms with van der Waals surface area (Å²) in [6.45, 7) is 0.513. The van der Waals surface area contributed by atoms with E-state index in [0.29, 0.717) is 18.5 Å². The summed E-state index contributed by atoms with van der Waals surface area (Å²) in [5, 5.41) is 11.7. The number of nitrogens with one attached hydrogen (secondary N) is 1. The zero-order chi connectivity index (χ0) is 17.0. The maximum Gasteiger partial charge on any atom is 0.335 e. The minimum Gasteiger partial charge on any atom is -0.478 e. The Balaban J connectivity index is 2.03. The van der Waals surface area contributed by atoms with E-state index in [9.17, 15) is 18.0 Å². The molecule has 126 valence electrons. The van der Waals surface area contributed by atoms with Crippen LogP contribution in [0.5, 0.6) is 0 Å². The van der Waals surface area contributed by atoms with E-state index in [2.05, 4.69) is 5.32 Å². The number of carbonyl (C=O) groups excluding carboxylic acids is 1. The molecule has 1 aromatic rings. The van der Waals surface area contributed by atoms with Crippen molar-refractivity contribution in [3.05, 3.63) is 35.4 Å². The number of sulfonamides is 1. The molecular formula is C15H20N2O5S. The number of amides is 1. The highest BCUT2D eigenvalue weighted by atomic mass is 32.2. The van der Waals surface area contributed by atoms with Crippen LogP contribution in [0.1, 0.15) is 35.2 Å². The van der Waals surface area contributed by atoms with Crippen LogP contribution in [-0.2, 0) is 21.4 Å². The van der Waals surface area contributed by atoms with Crippen LogP contribution in [0.4, 0.5) is 0 Å². The average molecular weight is 340 g/mol. The number of benzene rings is 1. The first-order chi connectivity index (χ1) is 10.8. The quantitative estimate of drug-likeness (QED) is 0.826. The fourth-order valence-corrected chi connectivity index (χ4v) is 3.81. The Kier molecular flexibility index (Phi) is 5.38. The van der Waals surface area contributed by atoms with Gasteiger partial charge in [-0.15, -0.1) is 0 Å². The number of aromatic carboxylic acids is 1. The van der Waals surface area contributed by atoms with Gasteiger partial charge in [0.2, 0.25) is 15.9 Å². The zero-order valence-electron chi connectivity index (χ0n) is 12.9.